The van der Waals surface area contributed by atoms with E-state index in [1.165, 1.54) is 12.6 Å². The summed E-state index contributed by atoms with van der Waals surface area (Å²) in [6.07, 6.45) is 7.76. The van der Waals surface area contributed by atoms with Gasteiger partial charge in [-0.15, -0.1) is 0 Å². The second-order valence-corrected chi connectivity index (χ2v) is 10.4. The van der Waals surface area contributed by atoms with Gasteiger partial charge in [0.05, 0.1) is 45.5 Å². The zero-order valence-corrected chi connectivity index (χ0v) is 22.4. The Kier molecular flexibility index (Phi) is 6.92. The monoisotopic (exact) mass is 558 g/mol. The summed E-state index contributed by atoms with van der Waals surface area (Å²) < 4.78 is 1.61. The molecule has 0 unspecified atom stereocenters. The molecule has 1 amide bonds. The number of rotatable bonds is 6. The number of nitrogens with one attached hydrogen (secondary N) is 1. The fourth-order valence-corrected chi connectivity index (χ4v) is 5.40. The summed E-state index contributed by atoms with van der Waals surface area (Å²) in [5, 5.41) is 17.5. The van der Waals surface area contributed by atoms with Gasteiger partial charge in [-0.1, -0.05) is 23.2 Å². The van der Waals surface area contributed by atoms with Crippen LogP contribution in [0.2, 0.25) is 10.0 Å². The molecule has 2 fully saturated rings. The van der Waals surface area contributed by atoms with Crippen LogP contribution < -0.4 is 10.2 Å². The maximum absolute atomic E-state index is 12.8. The molecule has 1 N–H and O–H groups in total. The van der Waals surface area contributed by atoms with E-state index in [-0.39, 0.29) is 5.91 Å². The van der Waals surface area contributed by atoms with Crippen molar-refractivity contribution in [3.8, 4) is 23.0 Å². The van der Waals surface area contributed by atoms with E-state index >= 15 is 0 Å². The van der Waals surface area contributed by atoms with Crippen LogP contribution in [0.3, 0.4) is 0 Å². The lowest BCUT2D eigenvalue weighted by atomic mass is 9.98. The van der Waals surface area contributed by atoms with Crippen LogP contribution in [0.25, 0.3) is 16.9 Å². The summed E-state index contributed by atoms with van der Waals surface area (Å²) in [7, 11) is 0. The molecule has 0 radical (unpaired) electrons. The number of amides is 1. The van der Waals surface area contributed by atoms with Gasteiger partial charge in [-0.2, -0.15) is 10.4 Å². The van der Waals surface area contributed by atoms with E-state index < -0.39 is 0 Å². The number of carbonyl (C=O) groups excluding carboxylic acids is 1. The quantitative estimate of drug-likeness (QED) is 0.335. The Morgan fingerprint density at radius 2 is 1.85 bits per heavy atom. The molecule has 6 rings (SSSR count). The average Bonchev–Trinajstić information content (AvgIpc) is 3.39. The number of nitrogens with zero attached hydrogens (tertiary/aromatic N) is 7. The fraction of sp³-hybridized carbons (Fsp3) is 0.250. The molecular formula is C28H24Cl2N8O. The van der Waals surface area contributed by atoms with Crippen LogP contribution in [0, 0.1) is 11.3 Å². The molecule has 2 saturated heterocycles. The highest BCUT2D eigenvalue weighted by Gasteiger charge is 2.32. The number of hydrogen-bond donors (Lipinski definition) is 1. The van der Waals surface area contributed by atoms with Crippen molar-refractivity contribution < 1.29 is 4.79 Å². The number of carbonyl (C=O) groups is 1. The predicted octanol–water partition coefficient (Wildman–Crippen LogP) is 5.45. The zero-order chi connectivity index (χ0) is 26.9. The molecule has 0 spiro atoms. The Labute approximate surface area is 235 Å². The molecule has 39 heavy (non-hydrogen) atoms. The smallest absolute Gasteiger partial charge is 0.228 e. The number of likely N-dealkylation sites (tertiary alicyclic amines) is 1. The van der Waals surface area contributed by atoms with Gasteiger partial charge < -0.3 is 10.2 Å². The molecule has 2 aromatic carbocycles. The molecule has 4 heterocycles. The van der Waals surface area contributed by atoms with Crippen molar-refractivity contribution >= 4 is 46.4 Å². The van der Waals surface area contributed by atoms with Gasteiger partial charge in [0.25, 0.3) is 0 Å². The maximum Gasteiger partial charge on any atom is 0.228 e. The van der Waals surface area contributed by atoms with E-state index in [2.05, 4.69) is 31.4 Å². The second-order valence-electron chi connectivity index (χ2n) is 9.60. The van der Waals surface area contributed by atoms with Gasteiger partial charge >= 0.3 is 0 Å². The van der Waals surface area contributed by atoms with Crippen molar-refractivity contribution in [2.45, 2.75) is 25.3 Å². The molecule has 2 aromatic heterocycles. The Balaban J connectivity index is 1.16. The molecule has 0 bridgehead atoms. The molecule has 0 aliphatic carbocycles. The van der Waals surface area contributed by atoms with E-state index in [0.29, 0.717) is 51.0 Å². The number of nitriles is 1. The molecule has 1 atom stereocenters. The molecule has 2 aliphatic rings. The topological polar surface area (TPSA) is 103 Å². The Morgan fingerprint density at radius 1 is 1.03 bits per heavy atom. The number of aromatic nitrogens is 4. The van der Waals surface area contributed by atoms with E-state index in [0.717, 1.165) is 37.4 Å². The normalized spacial score (nSPS) is 17.5. The predicted molar refractivity (Wildman–Crippen MR) is 151 cm³/mol. The fourth-order valence-electron chi connectivity index (χ4n) is 4.93. The summed E-state index contributed by atoms with van der Waals surface area (Å²) in [5.41, 5.74) is 3.97. The van der Waals surface area contributed by atoms with Crippen LogP contribution >= 0.6 is 23.2 Å². The van der Waals surface area contributed by atoms with Gasteiger partial charge in [-0.05, 0) is 68.4 Å². The lowest BCUT2D eigenvalue weighted by Crippen LogP contribution is -2.52. The van der Waals surface area contributed by atoms with E-state index in [1.807, 2.05) is 29.2 Å². The first kappa shape index (κ1) is 25.3. The van der Waals surface area contributed by atoms with Crippen LogP contribution in [0.4, 0.5) is 17.3 Å². The number of benzene rings is 2. The van der Waals surface area contributed by atoms with Gasteiger partial charge in [0.1, 0.15) is 0 Å². The van der Waals surface area contributed by atoms with Crippen LogP contribution in [0.5, 0.6) is 0 Å². The van der Waals surface area contributed by atoms with Crippen molar-refractivity contribution in [1.29, 1.82) is 5.26 Å². The minimum absolute atomic E-state index is 0.173. The minimum atomic E-state index is 0.173. The van der Waals surface area contributed by atoms with Gasteiger partial charge in [0, 0.05) is 42.1 Å². The lowest BCUT2D eigenvalue weighted by Gasteiger charge is -2.42. The van der Waals surface area contributed by atoms with Gasteiger partial charge in [-0.3, -0.25) is 9.69 Å². The molecule has 2 aliphatic heterocycles. The molecule has 11 heteroatoms. The third-order valence-electron chi connectivity index (χ3n) is 7.16. The SMILES string of the molecule is N#Cc1ccc(-n2cc(-c3nc(Nc4ccc(N5CC[C@H](N6CCC6)CC5=O)cc4)ncc3Cl)cn2)c(Cl)c1. The number of piperidine rings is 1. The minimum Gasteiger partial charge on any atom is -0.324 e. The van der Waals surface area contributed by atoms with Gasteiger partial charge in [0.2, 0.25) is 11.9 Å². The van der Waals surface area contributed by atoms with Gasteiger partial charge in [0.15, 0.2) is 0 Å². The summed E-state index contributed by atoms with van der Waals surface area (Å²) >= 11 is 12.8. The summed E-state index contributed by atoms with van der Waals surface area (Å²) in [5.74, 6) is 0.546. The van der Waals surface area contributed by atoms with Crippen LogP contribution in [0.15, 0.2) is 61.1 Å². The first-order chi connectivity index (χ1) is 19.0. The molecular weight excluding hydrogens is 535 g/mol. The lowest BCUT2D eigenvalue weighted by molar-refractivity contribution is -0.121. The summed E-state index contributed by atoms with van der Waals surface area (Å²) in [6.45, 7) is 2.96. The van der Waals surface area contributed by atoms with Crippen molar-refractivity contribution in [3.63, 3.8) is 0 Å². The third kappa shape index (κ3) is 5.19. The van der Waals surface area contributed by atoms with E-state index in [4.69, 9.17) is 28.5 Å². The molecule has 196 valence electrons. The van der Waals surface area contributed by atoms with Crippen molar-refractivity contribution in [2.75, 3.05) is 29.9 Å². The average molecular weight is 559 g/mol. The van der Waals surface area contributed by atoms with E-state index in [1.54, 1.807) is 35.3 Å². The highest BCUT2D eigenvalue weighted by atomic mass is 35.5. The molecule has 0 saturated carbocycles. The largest absolute Gasteiger partial charge is 0.324 e. The van der Waals surface area contributed by atoms with Crippen LogP contribution in [-0.2, 0) is 4.79 Å². The van der Waals surface area contributed by atoms with Crippen molar-refractivity contribution in [2.24, 2.45) is 0 Å². The highest BCUT2D eigenvalue weighted by Crippen LogP contribution is 2.30. The third-order valence-corrected chi connectivity index (χ3v) is 7.74. The summed E-state index contributed by atoms with van der Waals surface area (Å²) in [6, 6.07) is 15.1. The Bertz CT molecular complexity index is 1580. The van der Waals surface area contributed by atoms with Crippen LogP contribution in [0.1, 0.15) is 24.8 Å². The highest BCUT2D eigenvalue weighted by molar-refractivity contribution is 6.33. The maximum atomic E-state index is 12.8. The molecule has 4 aromatic rings. The number of hydrogen-bond acceptors (Lipinski definition) is 7. The first-order valence-corrected chi connectivity index (χ1v) is 13.4. The Hall–Kier alpha value is -3.97. The van der Waals surface area contributed by atoms with Crippen molar-refractivity contribution in [3.05, 3.63) is 76.7 Å². The summed E-state index contributed by atoms with van der Waals surface area (Å²) in [4.78, 5) is 26.0. The van der Waals surface area contributed by atoms with Crippen LogP contribution in [-0.4, -0.2) is 56.2 Å². The zero-order valence-electron chi connectivity index (χ0n) is 20.9. The Morgan fingerprint density at radius 3 is 2.54 bits per heavy atom. The first-order valence-electron chi connectivity index (χ1n) is 12.7. The number of halogens is 2. The van der Waals surface area contributed by atoms with E-state index in [9.17, 15) is 4.79 Å². The number of anilines is 3. The molecule has 9 nitrogen and oxygen atoms in total. The van der Waals surface area contributed by atoms with Crippen molar-refractivity contribution in [1.82, 2.24) is 24.6 Å². The second kappa shape index (κ2) is 10.7. The standard InChI is InChI=1S/C28H24Cl2N8O/c29-23-12-18(14-31)2-7-25(23)38-17-19(15-33-38)27-24(30)16-32-28(35-27)34-20-3-5-21(6-4-20)37-11-8-22(13-26(37)39)36-9-1-10-36/h2-7,12,15-17,22H,1,8-11,13H2,(H,32,34,35)/t22-/m0/s1. The van der Waals surface area contributed by atoms with Gasteiger partial charge in [-0.25, -0.2) is 14.6 Å².